The highest BCUT2D eigenvalue weighted by molar-refractivity contribution is 7.18. The molecule has 2 N–H and O–H groups in total. The molecule has 5 heteroatoms. The van der Waals surface area contributed by atoms with Crippen LogP contribution >= 0.6 is 11.3 Å². The van der Waals surface area contributed by atoms with Crippen molar-refractivity contribution in [3.63, 3.8) is 0 Å². The molecule has 21 heavy (non-hydrogen) atoms. The van der Waals surface area contributed by atoms with Gasteiger partial charge >= 0.3 is 0 Å². The summed E-state index contributed by atoms with van der Waals surface area (Å²) in [6.45, 7) is 2.08. The van der Waals surface area contributed by atoms with E-state index >= 15 is 0 Å². The summed E-state index contributed by atoms with van der Waals surface area (Å²) in [7, 11) is 0. The number of nitrogens with zero attached hydrogens (tertiary/aromatic N) is 1. The summed E-state index contributed by atoms with van der Waals surface area (Å²) in [5, 5.41) is 0.868. The van der Waals surface area contributed by atoms with Crippen LogP contribution in [0.15, 0.2) is 42.5 Å². The average molecular weight is 302 g/mol. The molecule has 1 aromatic heterocycles. The molecule has 108 valence electrons. The van der Waals surface area contributed by atoms with Crippen molar-refractivity contribution in [2.75, 3.05) is 0 Å². The molecule has 3 rings (SSSR count). The van der Waals surface area contributed by atoms with E-state index in [9.17, 15) is 4.39 Å². The zero-order chi connectivity index (χ0) is 14.8. The van der Waals surface area contributed by atoms with Crippen molar-refractivity contribution < 1.29 is 9.13 Å². The maximum Gasteiger partial charge on any atom is 0.140 e. The molecule has 3 aromatic rings. The number of halogens is 1. The van der Waals surface area contributed by atoms with E-state index in [2.05, 4.69) is 4.98 Å². The maximum atomic E-state index is 13.8. The van der Waals surface area contributed by atoms with Gasteiger partial charge in [0, 0.05) is 17.7 Å². The monoisotopic (exact) mass is 302 g/mol. The molecule has 0 radical (unpaired) electrons. The molecule has 0 aliphatic rings. The number of rotatable bonds is 4. The summed E-state index contributed by atoms with van der Waals surface area (Å²) in [5.41, 5.74) is 7.13. The van der Waals surface area contributed by atoms with Gasteiger partial charge in [-0.25, -0.2) is 9.37 Å². The summed E-state index contributed by atoms with van der Waals surface area (Å²) in [4.78, 5) is 4.48. The first-order valence-corrected chi connectivity index (χ1v) is 7.47. The minimum absolute atomic E-state index is 0.330. The van der Waals surface area contributed by atoms with E-state index in [1.165, 1.54) is 6.07 Å². The lowest BCUT2D eigenvalue weighted by Crippen LogP contribution is -2.07. The lowest BCUT2D eigenvalue weighted by molar-refractivity contribution is 0.304. The molecule has 0 aliphatic carbocycles. The minimum atomic E-state index is -0.341. The molecular formula is C16H15FN2OS. The first kappa shape index (κ1) is 14.0. The summed E-state index contributed by atoms with van der Waals surface area (Å²) in [6.07, 6.45) is 0. The van der Waals surface area contributed by atoms with Gasteiger partial charge in [-0.2, -0.15) is 0 Å². The Morgan fingerprint density at radius 3 is 2.81 bits per heavy atom. The molecule has 0 fully saturated rings. The van der Waals surface area contributed by atoms with Crippen LogP contribution < -0.4 is 10.5 Å². The van der Waals surface area contributed by atoms with Crippen LogP contribution in [0.4, 0.5) is 4.39 Å². The molecule has 1 heterocycles. The third-order valence-corrected chi connectivity index (χ3v) is 4.17. The number of ether oxygens (including phenoxy) is 1. The third-order valence-electron chi connectivity index (χ3n) is 3.16. The Morgan fingerprint density at radius 1 is 1.29 bits per heavy atom. The van der Waals surface area contributed by atoms with Crippen molar-refractivity contribution in [1.29, 1.82) is 0 Å². The highest BCUT2D eigenvalue weighted by Gasteiger charge is 2.09. The van der Waals surface area contributed by atoms with Gasteiger partial charge in [0.25, 0.3) is 0 Å². The van der Waals surface area contributed by atoms with Gasteiger partial charge in [0.15, 0.2) is 0 Å². The van der Waals surface area contributed by atoms with Crippen molar-refractivity contribution in [3.8, 4) is 5.75 Å². The normalized spacial score (nSPS) is 12.5. The van der Waals surface area contributed by atoms with Crippen molar-refractivity contribution in [2.45, 2.75) is 19.6 Å². The van der Waals surface area contributed by atoms with E-state index in [1.807, 2.05) is 24.3 Å². The Bertz CT molecular complexity index is 737. The summed E-state index contributed by atoms with van der Waals surface area (Å²) in [6, 6.07) is 12.3. The number of benzene rings is 2. The quantitative estimate of drug-likeness (QED) is 0.791. The molecular weight excluding hydrogens is 287 g/mol. The van der Waals surface area contributed by atoms with Crippen LogP contribution in [0.2, 0.25) is 0 Å². The number of thiazole rings is 1. The lowest BCUT2D eigenvalue weighted by Gasteiger charge is -2.09. The Hall–Kier alpha value is -1.98. The molecule has 2 aromatic carbocycles. The molecule has 0 spiro atoms. The Morgan fingerprint density at radius 2 is 2.10 bits per heavy atom. The molecule has 0 saturated carbocycles. The van der Waals surface area contributed by atoms with Gasteiger partial charge < -0.3 is 10.5 Å². The lowest BCUT2D eigenvalue weighted by atomic mass is 10.1. The second kappa shape index (κ2) is 5.79. The second-order valence-electron chi connectivity index (χ2n) is 4.84. The smallest absolute Gasteiger partial charge is 0.140 e. The standard InChI is InChI=1S/C16H15FN2OS/c1-10(18)12-7-6-11(8-13(12)17)20-9-16-19-14-4-2-3-5-15(14)21-16/h2-8,10H,9,18H2,1H3/t10-/m0/s1. The number of hydrogen-bond donors (Lipinski definition) is 1. The highest BCUT2D eigenvalue weighted by Crippen LogP contribution is 2.24. The predicted molar refractivity (Wildman–Crippen MR) is 83.0 cm³/mol. The van der Waals surface area contributed by atoms with Gasteiger partial charge in [0.1, 0.15) is 23.2 Å². The van der Waals surface area contributed by atoms with Gasteiger partial charge in [-0.05, 0) is 25.1 Å². The van der Waals surface area contributed by atoms with Gasteiger partial charge in [-0.1, -0.05) is 18.2 Å². The van der Waals surface area contributed by atoms with Crippen LogP contribution in [0, 0.1) is 5.82 Å². The van der Waals surface area contributed by atoms with E-state index in [0.717, 1.165) is 15.2 Å². The van der Waals surface area contributed by atoms with Gasteiger partial charge in [0.05, 0.1) is 10.2 Å². The van der Waals surface area contributed by atoms with Gasteiger partial charge in [-0.3, -0.25) is 0 Å². The van der Waals surface area contributed by atoms with Crippen molar-refractivity contribution in [3.05, 3.63) is 58.9 Å². The van der Waals surface area contributed by atoms with Crippen molar-refractivity contribution in [2.24, 2.45) is 5.73 Å². The van der Waals surface area contributed by atoms with Crippen LogP contribution in [0.5, 0.6) is 5.75 Å². The predicted octanol–water partition coefficient (Wildman–Crippen LogP) is 4.03. The van der Waals surface area contributed by atoms with E-state index in [0.29, 0.717) is 17.9 Å². The van der Waals surface area contributed by atoms with Crippen LogP contribution in [0.3, 0.4) is 0 Å². The first-order chi connectivity index (χ1) is 10.1. The number of fused-ring (bicyclic) bond motifs is 1. The van der Waals surface area contributed by atoms with Gasteiger partial charge in [-0.15, -0.1) is 11.3 Å². The fourth-order valence-corrected chi connectivity index (χ4v) is 2.97. The summed E-state index contributed by atoms with van der Waals surface area (Å²) < 4.78 is 20.5. The molecule has 0 aliphatic heterocycles. The molecule has 0 amide bonds. The number of para-hydroxylation sites is 1. The van der Waals surface area contributed by atoms with E-state index < -0.39 is 0 Å². The van der Waals surface area contributed by atoms with Crippen molar-refractivity contribution >= 4 is 21.6 Å². The number of nitrogens with two attached hydrogens (primary N) is 1. The average Bonchev–Trinajstić information content (AvgIpc) is 2.87. The van der Waals surface area contributed by atoms with Crippen LogP contribution in [0.1, 0.15) is 23.5 Å². The maximum absolute atomic E-state index is 13.8. The van der Waals surface area contributed by atoms with E-state index in [-0.39, 0.29) is 11.9 Å². The Balaban J connectivity index is 1.74. The van der Waals surface area contributed by atoms with E-state index in [4.69, 9.17) is 10.5 Å². The molecule has 3 nitrogen and oxygen atoms in total. The topological polar surface area (TPSA) is 48.1 Å². The van der Waals surface area contributed by atoms with Crippen LogP contribution in [-0.2, 0) is 6.61 Å². The Labute approximate surface area is 126 Å². The summed E-state index contributed by atoms with van der Waals surface area (Å²) in [5.74, 6) is 0.142. The van der Waals surface area contributed by atoms with Gasteiger partial charge in [0.2, 0.25) is 0 Å². The van der Waals surface area contributed by atoms with Crippen molar-refractivity contribution in [1.82, 2.24) is 4.98 Å². The van der Waals surface area contributed by atoms with Crippen LogP contribution in [-0.4, -0.2) is 4.98 Å². The number of hydrogen-bond acceptors (Lipinski definition) is 4. The zero-order valence-electron chi connectivity index (χ0n) is 11.5. The van der Waals surface area contributed by atoms with Crippen LogP contribution in [0.25, 0.3) is 10.2 Å². The SMILES string of the molecule is C[C@H](N)c1ccc(OCc2nc3ccccc3s2)cc1F. The second-order valence-corrected chi connectivity index (χ2v) is 5.95. The number of aromatic nitrogens is 1. The molecule has 0 unspecified atom stereocenters. The zero-order valence-corrected chi connectivity index (χ0v) is 12.4. The highest BCUT2D eigenvalue weighted by atomic mass is 32.1. The fraction of sp³-hybridized carbons (Fsp3) is 0.188. The summed E-state index contributed by atoms with van der Waals surface area (Å²) >= 11 is 1.58. The molecule has 1 atom stereocenters. The largest absolute Gasteiger partial charge is 0.486 e. The fourth-order valence-electron chi connectivity index (χ4n) is 2.09. The molecule has 0 saturated heterocycles. The third kappa shape index (κ3) is 3.04. The first-order valence-electron chi connectivity index (χ1n) is 6.66. The molecule has 0 bridgehead atoms. The van der Waals surface area contributed by atoms with E-state index in [1.54, 1.807) is 30.4 Å². The minimum Gasteiger partial charge on any atom is -0.486 e. The Kier molecular flexibility index (Phi) is 3.86.